The summed E-state index contributed by atoms with van der Waals surface area (Å²) in [5.74, 6) is 0. The molecule has 0 aliphatic heterocycles. The molecule has 0 bridgehead atoms. The molecule has 0 aliphatic carbocycles. The largest absolute Gasteiger partial charge is 0.267 e. The molecule has 0 amide bonds. The topological polar surface area (TPSA) is 12.0 Å². The molecule has 0 fully saturated rings. The lowest BCUT2D eigenvalue weighted by Crippen LogP contribution is -1.98. The summed E-state index contributed by atoms with van der Waals surface area (Å²) in [6, 6.07) is 0. The van der Waals surface area contributed by atoms with Crippen molar-refractivity contribution in [2.24, 2.45) is 0 Å². The van der Waals surface area contributed by atoms with Gasteiger partial charge in [-0.25, -0.2) is 0 Å². The zero-order valence-corrected chi connectivity index (χ0v) is 5.30. The molecular weight excluding hydrogens is 94.1 g/mol. The Morgan fingerprint density at radius 3 is 2.00 bits per heavy atom. The minimum absolute atomic E-state index is 0.704. The van der Waals surface area contributed by atoms with Gasteiger partial charge in [-0.2, -0.15) is 0 Å². The molecule has 38 valence electrons. The number of nitrogens with one attached hydrogen (secondary N) is 1. The molecule has 0 aromatic heterocycles. The average Bonchev–Trinajstić information content (AvgIpc) is 1.35. The van der Waals surface area contributed by atoms with Crippen LogP contribution in [-0.2, 0) is 0 Å². The normalized spacial score (nSPS) is 10.0. The Hall–Kier alpha value is 0.310. The van der Waals surface area contributed by atoms with E-state index in [1.165, 1.54) is 0 Å². The second-order valence-corrected chi connectivity index (χ2v) is 2.96. The van der Waals surface area contributed by atoms with E-state index in [2.05, 4.69) is 18.6 Å². The van der Waals surface area contributed by atoms with Gasteiger partial charge < -0.3 is 0 Å². The van der Waals surface area contributed by atoms with Gasteiger partial charge in [-0.05, 0) is 7.05 Å². The van der Waals surface area contributed by atoms with Crippen molar-refractivity contribution >= 4 is 11.9 Å². The van der Waals surface area contributed by atoms with Gasteiger partial charge in [-0.1, -0.05) is 25.8 Å². The Kier molecular flexibility index (Phi) is 3.68. The van der Waals surface area contributed by atoms with Crippen LogP contribution in [0.3, 0.4) is 0 Å². The van der Waals surface area contributed by atoms with Crippen LogP contribution < -0.4 is 4.72 Å². The van der Waals surface area contributed by atoms with Gasteiger partial charge in [0.25, 0.3) is 0 Å². The maximum Gasteiger partial charge on any atom is 0.0136 e. The second-order valence-electron chi connectivity index (χ2n) is 1.37. The third kappa shape index (κ3) is 4.31. The van der Waals surface area contributed by atoms with Gasteiger partial charge in [-0.15, -0.1) is 0 Å². The first kappa shape index (κ1) is 6.31. The van der Waals surface area contributed by atoms with Crippen LogP contribution in [0, 0.1) is 0 Å². The van der Waals surface area contributed by atoms with Gasteiger partial charge in [-0.3, -0.25) is 4.72 Å². The zero-order valence-electron chi connectivity index (χ0n) is 4.49. The Morgan fingerprint density at radius 1 is 1.50 bits per heavy atom. The molecule has 6 heavy (non-hydrogen) atoms. The highest BCUT2D eigenvalue weighted by atomic mass is 32.2. The monoisotopic (exact) mass is 105 g/mol. The predicted octanol–water partition coefficient (Wildman–Crippen LogP) is 1.26. The fourth-order valence-electron chi connectivity index (χ4n) is 0.236. The second kappa shape index (κ2) is 3.50. The lowest BCUT2D eigenvalue weighted by molar-refractivity contribution is 1.09. The highest BCUT2D eigenvalue weighted by molar-refractivity contribution is 7.97. The van der Waals surface area contributed by atoms with Crippen LogP contribution in [0.4, 0.5) is 0 Å². The van der Waals surface area contributed by atoms with E-state index in [1.807, 2.05) is 7.05 Å². The summed E-state index contributed by atoms with van der Waals surface area (Å²) in [7, 11) is 1.94. The zero-order chi connectivity index (χ0) is 4.99. The van der Waals surface area contributed by atoms with E-state index in [1.54, 1.807) is 11.9 Å². The van der Waals surface area contributed by atoms with Crippen molar-refractivity contribution in [2.45, 2.75) is 19.1 Å². The molecule has 0 saturated carbocycles. The minimum atomic E-state index is 0.704. The Balaban J connectivity index is 2.63. The fourth-order valence-corrected chi connectivity index (χ4v) is 0.707. The predicted molar refractivity (Wildman–Crippen MR) is 31.8 cm³/mol. The van der Waals surface area contributed by atoms with Crippen LogP contribution >= 0.6 is 11.9 Å². The third-order valence-electron chi connectivity index (χ3n) is 0.354. The molecule has 0 spiro atoms. The van der Waals surface area contributed by atoms with Crippen LogP contribution in [-0.4, -0.2) is 12.3 Å². The summed E-state index contributed by atoms with van der Waals surface area (Å²) >= 11 is 1.74. The molecule has 1 N–H and O–H groups in total. The first-order valence-electron chi connectivity index (χ1n) is 2.09. The molecule has 2 heteroatoms. The lowest BCUT2D eigenvalue weighted by atomic mass is 10.6. The molecule has 0 aromatic rings. The van der Waals surface area contributed by atoms with Crippen LogP contribution in [0.1, 0.15) is 13.8 Å². The average molecular weight is 105 g/mol. The van der Waals surface area contributed by atoms with Crippen LogP contribution in [0.5, 0.6) is 0 Å². The SMILES string of the molecule is CNSC(C)C. The smallest absolute Gasteiger partial charge is 0.0136 e. The molecular formula is C4H11NS. The molecule has 1 nitrogen and oxygen atoms in total. The molecule has 0 atom stereocenters. The molecule has 0 heterocycles. The highest BCUT2D eigenvalue weighted by Gasteiger charge is 1.85. The maximum atomic E-state index is 2.98. The van der Waals surface area contributed by atoms with Crippen LogP contribution in [0.15, 0.2) is 0 Å². The Morgan fingerprint density at radius 2 is 2.00 bits per heavy atom. The highest BCUT2D eigenvalue weighted by Crippen LogP contribution is 1.99. The van der Waals surface area contributed by atoms with Crippen LogP contribution in [0.2, 0.25) is 0 Å². The first-order chi connectivity index (χ1) is 2.77. The number of hydrogen-bond donors (Lipinski definition) is 1. The molecule has 0 unspecified atom stereocenters. The van der Waals surface area contributed by atoms with E-state index >= 15 is 0 Å². The van der Waals surface area contributed by atoms with Gasteiger partial charge >= 0.3 is 0 Å². The summed E-state index contributed by atoms with van der Waals surface area (Å²) in [5.41, 5.74) is 0. The van der Waals surface area contributed by atoms with E-state index < -0.39 is 0 Å². The van der Waals surface area contributed by atoms with Crippen molar-refractivity contribution in [3.05, 3.63) is 0 Å². The van der Waals surface area contributed by atoms with Crippen molar-refractivity contribution in [2.75, 3.05) is 7.05 Å². The van der Waals surface area contributed by atoms with Crippen molar-refractivity contribution in [3.8, 4) is 0 Å². The van der Waals surface area contributed by atoms with Crippen molar-refractivity contribution in [3.63, 3.8) is 0 Å². The standard InChI is InChI=1S/C4H11NS/c1-4(2)6-5-3/h4-5H,1-3H3. The first-order valence-corrected chi connectivity index (χ1v) is 2.97. The lowest BCUT2D eigenvalue weighted by Gasteiger charge is -1.97. The summed E-state index contributed by atoms with van der Waals surface area (Å²) in [6.45, 7) is 4.31. The summed E-state index contributed by atoms with van der Waals surface area (Å²) in [6.07, 6.45) is 0. The Bertz CT molecular complexity index is 28.7. The molecule has 0 radical (unpaired) electrons. The van der Waals surface area contributed by atoms with Gasteiger partial charge in [0.2, 0.25) is 0 Å². The molecule has 0 saturated heterocycles. The van der Waals surface area contributed by atoms with Gasteiger partial charge in [0.1, 0.15) is 0 Å². The van der Waals surface area contributed by atoms with Crippen LogP contribution in [0.25, 0.3) is 0 Å². The van der Waals surface area contributed by atoms with Crippen molar-refractivity contribution in [1.29, 1.82) is 0 Å². The third-order valence-corrected chi connectivity index (χ3v) is 1.06. The van der Waals surface area contributed by atoms with Gasteiger partial charge in [0.05, 0.1) is 0 Å². The van der Waals surface area contributed by atoms with Gasteiger partial charge in [0.15, 0.2) is 0 Å². The summed E-state index contributed by atoms with van der Waals surface area (Å²) in [5, 5.41) is 0.704. The molecule has 0 rings (SSSR count). The quantitative estimate of drug-likeness (QED) is 0.531. The molecule has 0 aromatic carbocycles. The minimum Gasteiger partial charge on any atom is -0.267 e. The van der Waals surface area contributed by atoms with E-state index in [9.17, 15) is 0 Å². The number of hydrogen-bond acceptors (Lipinski definition) is 2. The molecule has 0 aliphatic rings. The van der Waals surface area contributed by atoms with E-state index in [4.69, 9.17) is 0 Å². The van der Waals surface area contributed by atoms with Crippen molar-refractivity contribution in [1.82, 2.24) is 4.72 Å². The maximum absolute atomic E-state index is 2.98. The fraction of sp³-hybridized carbons (Fsp3) is 1.00. The van der Waals surface area contributed by atoms with E-state index in [0.29, 0.717) is 5.25 Å². The van der Waals surface area contributed by atoms with Gasteiger partial charge in [0, 0.05) is 5.25 Å². The summed E-state index contributed by atoms with van der Waals surface area (Å²) in [4.78, 5) is 0. The number of rotatable bonds is 2. The Labute approximate surface area is 43.6 Å². The van der Waals surface area contributed by atoms with Crippen molar-refractivity contribution < 1.29 is 0 Å². The van der Waals surface area contributed by atoms with E-state index in [-0.39, 0.29) is 0 Å². The summed E-state index contributed by atoms with van der Waals surface area (Å²) < 4.78 is 2.98. The van der Waals surface area contributed by atoms with E-state index in [0.717, 1.165) is 0 Å².